The summed E-state index contributed by atoms with van der Waals surface area (Å²) in [6, 6.07) is 0. The van der Waals surface area contributed by atoms with Gasteiger partial charge < -0.3 is 11.2 Å². The molecule has 0 unspecified atom stereocenters. The van der Waals surface area contributed by atoms with Crippen molar-refractivity contribution in [1.29, 1.82) is 0 Å². The van der Waals surface area contributed by atoms with Crippen LogP contribution in [0.4, 0.5) is 0 Å². The van der Waals surface area contributed by atoms with Gasteiger partial charge in [0, 0.05) is 20.0 Å². The van der Waals surface area contributed by atoms with Crippen molar-refractivity contribution in [2.45, 2.75) is 13.8 Å². The molecule has 0 radical (unpaired) electrons. The van der Waals surface area contributed by atoms with Crippen LogP contribution in [0.15, 0.2) is 5.10 Å². The van der Waals surface area contributed by atoms with Crippen molar-refractivity contribution in [3.8, 4) is 0 Å². The summed E-state index contributed by atoms with van der Waals surface area (Å²) >= 11 is 0. The molecule has 0 spiro atoms. The first-order valence-corrected chi connectivity index (χ1v) is 4.18. The second-order valence-electron chi connectivity index (χ2n) is 2.45. The molecule has 0 aromatic heterocycles. The lowest BCUT2D eigenvalue weighted by Gasteiger charge is -2.18. The van der Waals surface area contributed by atoms with Crippen LogP contribution in [0.2, 0.25) is 0 Å². The third-order valence-corrected chi connectivity index (χ3v) is 1.29. The van der Waals surface area contributed by atoms with Crippen LogP contribution in [0.5, 0.6) is 0 Å². The van der Waals surface area contributed by atoms with Crippen molar-refractivity contribution in [3.63, 3.8) is 0 Å². The van der Waals surface area contributed by atoms with E-state index in [0.29, 0.717) is 13.1 Å². The molecule has 1 amide bonds. The van der Waals surface area contributed by atoms with E-state index in [1.807, 2.05) is 6.92 Å². The lowest BCUT2D eigenvalue weighted by molar-refractivity contribution is -0.118. The van der Waals surface area contributed by atoms with Gasteiger partial charge in [0.15, 0.2) is 0 Å². The zero-order valence-corrected chi connectivity index (χ0v) is 8.08. The number of nitrogens with one attached hydrogen (secondary N) is 2. The summed E-state index contributed by atoms with van der Waals surface area (Å²) in [6.45, 7) is 5.43. The minimum atomic E-state index is -0.0406. The highest BCUT2D eigenvalue weighted by Gasteiger charge is 1.97. The summed E-state index contributed by atoms with van der Waals surface area (Å²) in [5.41, 5.74) is 3.01. The maximum atomic E-state index is 10.5. The van der Waals surface area contributed by atoms with Crippen LogP contribution in [0.3, 0.4) is 0 Å². The van der Waals surface area contributed by atoms with Gasteiger partial charge in [-0.1, -0.05) is 6.92 Å². The Morgan fingerprint density at radius 1 is 1.69 bits per heavy atom. The fourth-order valence-corrected chi connectivity index (χ4v) is 0.814. The Bertz CT molecular complexity index is 170. The van der Waals surface area contributed by atoms with E-state index >= 15 is 0 Å². The number of carbonyl (C=O) groups is 1. The van der Waals surface area contributed by atoms with Gasteiger partial charge in [-0.2, -0.15) is 5.10 Å². The lowest BCUT2D eigenvalue weighted by Crippen LogP contribution is -2.42. The quantitative estimate of drug-likeness (QED) is 0.212. The molecule has 0 atom stereocenters. The Hall–Kier alpha value is -1.30. The van der Waals surface area contributed by atoms with Gasteiger partial charge in [0.05, 0.1) is 6.54 Å². The highest BCUT2D eigenvalue weighted by Crippen LogP contribution is 1.75. The Kier molecular flexibility index (Phi) is 6.62. The molecule has 0 aromatic rings. The fraction of sp³-hybridized carbons (Fsp3) is 0.714. The monoisotopic (exact) mass is 187 g/mol. The van der Waals surface area contributed by atoms with E-state index in [1.54, 1.807) is 5.01 Å². The second kappa shape index (κ2) is 7.35. The molecule has 0 heterocycles. The number of hydrogen-bond acceptors (Lipinski definition) is 4. The van der Waals surface area contributed by atoms with Crippen molar-refractivity contribution in [2.24, 2.45) is 10.9 Å². The van der Waals surface area contributed by atoms with Crippen LogP contribution in [0.1, 0.15) is 13.8 Å². The summed E-state index contributed by atoms with van der Waals surface area (Å²) in [5, 5.41) is 7.77. The minimum absolute atomic E-state index is 0.0406. The molecule has 0 fully saturated rings. The molecule has 6 nitrogen and oxygen atoms in total. The van der Waals surface area contributed by atoms with E-state index in [4.69, 9.17) is 5.84 Å². The van der Waals surface area contributed by atoms with E-state index in [9.17, 15) is 4.79 Å². The van der Waals surface area contributed by atoms with Crippen LogP contribution in [-0.2, 0) is 4.79 Å². The number of nitrogens with zero attached hydrogens (tertiary/aromatic N) is 2. The number of hydrazone groups is 1. The van der Waals surface area contributed by atoms with E-state index < -0.39 is 0 Å². The van der Waals surface area contributed by atoms with E-state index in [0.717, 1.165) is 6.54 Å². The third-order valence-electron chi connectivity index (χ3n) is 1.29. The highest BCUT2D eigenvalue weighted by molar-refractivity contribution is 5.72. The van der Waals surface area contributed by atoms with Gasteiger partial charge in [-0.25, -0.2) is 5.43 Å². The molecule has 0 aliphatic heterocycles. The van der Waals surface area contributed by atoms with Crippen LogP contribution in [0.25, 0.3) is 0 Å². The average Bonchev–Trinajstić information content (AvgIpc) is 2.04. The molecule has 0 rings (SSSR count). The predicted octanol–water partition coefficient (Wildman–Crippen LogP) is -1.15. The molecule has 0 saturated carbocycles. The summed E-state index contributed by atoms with van der Waals surface area (Å²) < 4.78 is 0. The summed E-state index contributed by atoms with van der Waals surface area (Å²) in [4.78, 5) is 10.5. The maximum absolute atomic E-state index is 10.5. The molecule has 0 aliphatic carbocycles. The van der Waals surface area contributed by atoms with Crippen molar-refractivity contribution in [2.75, 3.05) is 19.6 Å². The Labute approximate surface area is 78.1 Å². The largest absolute Gasteiger partial charge is 0.355 e. The van der Waals surface area contributed by atoms with Gasteiger partial charge >= 0.3 is 0 Å². The normalized spacial score (nSPS) is 10.3. The summed E-state index contributed by atoms with van der Waals surface area (Å²) in [6.07, 6.45) is 1.48. The average molecular weight is 187 g/mol. The number of rotatable bonds is 6. The zero-order chi connectivity index (χ0) is 10.1. The van der Waals surface area contributed by atoms with Crippen molar-refractivity contribution in [3.05, 3.63) is 0 Å². The van der Waals surface area contributed by atoms with Crippen LogP contribution in [-0.4, -0.2) is 36.9 Å². The minimum Gasteiger partial charge on any atom is -0.355 e. The molecular formula is C7H17N5O. The first-order valence-electron chi connectivity index (χ1n) is 4.18. The molecule has 4 N–H and O–H groups in total. The Morgan fingerprint density at radius 2 is 2.38 bits per heavy atom. The van der Waals surface area contributed by atoms with E-state index in [-0.39, 0.29) is 5.91 Å². The smallest absolute Gasteiger partial charge is 0.216 e. The SMILES string of the molecule is CCNN(/C=N\N)CCNC(C)=O. The Morgan fingerprint density at radius 3 is 2.85 bits per heavy atom. The molecule has 0 saturated heterocycles. The van der Waals surface area contributed by atoms with Crippen LogP contribution < -0.4 is 16.6 Å². The van der Waals surface area contributed by atoms with Gasteiger partial charge in [-0.05, 0) is 0 Å². The molecule has 76 valence electrons. The molecule has 0 bridgehead atoms. The topological polar surface area (TPSA) is 82.8 Å². The van der Waals surface area contributed by atoms with Gasteiger partial charge in [-0.15, -0.1) is 0 Å². The lowest BCUT2D eigenvalue weighted by atomic mass is 10.5. The van der Waals surface area contributed by atoms with E-state index in [1.165, 1.54) is 13.3 Å². The second-order valence-corrected chi connectivity index (χ2v) is 2.45. The molecular weight excluding hydrogens is 170 g/mol. The first-order chi connectivity index (χ1) is 6.20. The summed E-state index contributed by atoms with van der Waals surface area (Å²) in [5.74, 6) is 4.95. The molecule has 0 aromatic carbocycles. The first kappa shape index (κ1) is 11.7. The van der Waals surface area contributed by atoms with Gasteiger partial charge in [0.2, 0.25) is 5.91 Å². The number of hydrogen-bond donors (Lipinski definition) is 3. The van der Waals surface area contributed by atoms with Gasteiger partial charge in [-0.3, -0.25) is 9.80 Å². The fourth-order valence-electron chi connectivity index (χ4n) is 0.814. The number of nitrogens with two attached hydrogens (primary N) is 1. The molecule has 13 heavy (non-hydrogen) atoms. The predicted molar refractivity (Wildman–Crippen MR) is 51.7 cm³/mol. The number of amides is 1. The van der Waals surface area contributed by atoms with Crippen LogP contribution in [0, 0.1) is 0 Å². The van der Waals surface area contributed by atoms with Crippen molar-refractivity contribution < 1.29 is 4.79 Å². The highest BCUT2D eigenvalue weighted by atomic mass is 16.1. The molecule has 6 heteroatoms. The van der Waals surface area contributed by atoms with Gasteiger partial charge in [0.1, 0.15) is 6.34 Å². The van der Waals surface area contributed by atoms with E-state index in [2.05, 4.69) is 15.8 Å². The van der Waals surface area contributed by atoms with Crippen molar-refractivity contribution in [1.82, 2.24) is 15.8 Å². The Balaban J connectivity index is 3.62. The number of carbonyl (C=O) groups excluding carboxylic acids is 1. The zero-order valence-electron chi connectivity index (χ0n) is 8.08. The maximum Gasteiger partial charge on any atom is 0.216 e. The van der Waals surface area contributed by atoms with Gasteiger partial charge in [0.25, 0.3) is 0 Å². The standard InChI is InChI=1S/C7H17N5O/c1-3-11-12(6-10-8)5-4-9-7(2)13/h6,11H,3-5,8H2,1-2H3,(H,9,13)/b10-6-. The third kappa shape index (κ3) is 7.07. The molecule has 0 aliphatic rings. The van der Waals surface area contributed by atoms with Crippen LogP contribution >= 0.6 is 0 Å². The summed E-state index contributed by atoms with van der Waals surface area (Å²) in [7, 11) is 0. The van der Waals surface area contributed by atoms with Crippen molar-refractivity contribution >= 4 is 12.2 Å². The number of hydrazine groups is 1.